The Morgan fingerprint density at radius 3 is 2.73 bits per heavy atom. The molecule has 4 heterocycles. The number of aromatic nitrogens is 1. The lowest BCUT2D eigenvalue weighted by Crippen LogP contribution is -2.64. The molecule has 5 rings (SSSR count). The summed E-state index contributed by atoms with van der Waals surface area (Å²) >= 11 is 1.64. The predicted molar refractivity (Wildman–Crippen MR) is 141 cm³/mol. The van der Waals surface area contributed by atoms with Crippen molar-refractivity contribution in [2.75, 3.05) is 40.3 Å². The van der Waals surface area contributed by atoms with Gasteiger partial charge in [-0.3, -0.25) is 10.2 Å². The summed E-state index contributed by atoms with van der Waals surface area (Å²) in [6, 6.07) is 5.42. The molecule has 1 fully saturated rings. The van der Waals surface area contributed by atoms with E-state index in [4.69, 9.17) is 6.42 Å². The van der Waals surface area contributed by atoms with Crippen molar-refractivity contribution in [3.63, 3.8) is 0 Å². The lowest BCUT2D eigenvalue weighted by molar-refractivity contribution is -0.126. The number of sulfonamides is 1. The van der Waals surface area contributed by atoms with Gasteiger partial charge in [0.05, 0.1) is 5.37 Å². The monoisotopic (exact) mass is 543 g/mol. The van der Waals surface area contributed by atoms with Crippen LogP contribution in [0.4, 0.5) is 4.79 Å². The van der Waals surface area contributed by atoms with Gasteiger partial charge in [-0.1, -0.05) is 17.7 Å². The maximum Gasteiger partial charge on any atom is 0.339 e. The SMILES string of the molecule is C#Cc1ccc2[nH]c(S(=O)(=O)N3CCN(C(=O)N4CCC5=C(N4)SC(C)N5C)C(C(=O)NC)C3)cc2c1. The molecule has 13 heteroatoms. The van der Waals surface area contributed by atoms with Gasteiger partial charge in [-0.05, 0) is 31.2 Å². The molecule has 0 aliphatic carbocycles. The van der Waals surface area contributed by atoms with Gasteiger partial charge in [0.2, 0.25) is 5.91 Å². The van der Waals surface area contributed by atoms with Crippen LogP contribution in [-0.2, 0) is 14.8 Å². The molecule has 1 aromatic heterocycles. The Hall–Kier alpha value is -3.34. The highest BCUT2D eigenvalue weighted by Crippen LogP contribution is 2.38. The van der Waals surface area contributed by atoms with Crippen molar-refractivity contribution in [1.82, 2.24) is 34.8 Å². The molecule has 11 nitrogen and oxygen atoms in total. The first-order valence-corrected chi connectivity index (χ1v) is 14.2. The Morgan fingerprint density at radius 1 is 1.22 bits per heavy atom. The number of hydrogen-bond acceptors (Lipinski definition) is 7. The lowest BCUT2D eigenvalue weighted by atomic mass is 10.2. The Morgan fingerprint density at radius 2 is 2.00 bits per heavy atom. The van der Waals surface area contributed by atoms with E-state index in [1.165, 1.54) is 27.3 Å². The summed E-state index contributed by atoms with van der Waals surface area (Å²) in [7, 11) is -0.450. The zero-order valence-electron chi connectivity index (χ0n) is 20.8. The van der Waals surface area contributed by atoms with Gasteiger partial charge in [0.1, 0.15) is 16.1 Å². The molecule has 3 aliphatic heterocycles. The largest absolute Gasteiger partial charge is 0.364 e. The van der Waals surface area contributed by atoms with Crippen molar-refractivity contribution in [3.8, 4) is 12.3 Å². The Bertz CT molecular complexity index is 1440. The minimum atomic E-state index is -3.95. The maximum atomic E-state index is 13.5. The van der Waals surface area contributed by atoms with Crippen LogP contribution in [0.2, 0.25) is 0 Å². The fourth-order valence-corrected chi connectivity index (χ4v) is 7.47. The number of piperazine rings is 1. The van der Waals surface area contributed by atoms with E-state index in [0.717, 1.165) is 10.7 Å². The van der Waals surface area contributed by atoms with E-state index in [-0.39, 0.29) is 36.1 Å². The molecule has 1 saturated heterocycles. The van der Waals surface area contributed by atoms with Crippen LogP contribution in [0.5, 0.6) is 0 Å². The Labute approximate surface area is 220 Å². The second-order valence-corrected chi connectivity index (χ2v) is 12.4. The van der Waals surface area contributed by atoms with Crippen molar-refractivity contribution in [3.05, 3.63) is 40.6 Å². The van der Waals surface area contributed by atoms with Crippen LogP contribution in [-0.4, -0.2) is 96.1 Å². The van der Waals surface area contributed by atoms with Gasteiger partial charge in [-0.25, -0.2) is 18.2 Å². The topological polar surface area (TPSA) is 121 Å². The van der Waals surface area contributed by atoms with Crippen LogP contribution in [0.1, 0.15) is 18.9 Å². The average Bonchev–Trinajstić information content (AvgIpc) is 3.47. The van der Waals surface area contributed by atoms with Crippen molar-refractivity contribution in [2.45, 2.75) is 29.8 Å². The van der Waals surface area contributed by atoms with Crippen LogP contribution >= 0.6 is 11.8 Å². The smallest absolute Gasteiger partial charge is 0.339 e. The molecule has 1 aromatic carbocycles. The van der Waals surface area contributed by atoms with E-state index in [1.807, 2.05) is 7.05 Å². The molecular weight excluding hydrogens is 514 g/mol. The van der Waals surface area contributed by atoms with E-state index < -0.39 is 22.0 Å². The Kier molecular flexibility index (Phi) is 6.51. The molecular formula is C24H29N7O4S2. The van der Waals surface area contributed by atoms with E-state index in [1.54, 1.807) is 30.0 Å². The number of fused-ring (bicyclic) bond motifs is 1. The summed E-state index contributed by atoms with van der Waals surface area (Å²) in [5.74, 6) is 2.12. The zero-order chi connectivity index (χ0) is 26.5. The van der Waals surface area contributed by atoms with Gasteiger partial charge in [0, 0.05) is 68.9 Å². The number of urea groups is 1. The third-order valence-electron chi connectivity index (χ3n) is 7.08. The number of thioether (sulfide) groups is 1. The average molecular weight is 544 g/mol. The third kappa shape index (κ3) is 4.39. The number of nitrogens with one attached hydrogen (secondary N) is 3. The maximum absolute atomic E-state index is 13.5. The summed E-state index contributed by atoms with van der Waals surface area (Å²) in [4.78, 5) is 32.9. The number of likely N-dealkylation sites (N-methyl/N-ethyl adjacent to an activating group) is 1. The number of hydrazine groups is 1. The van der Waals surface area contributed by atoms with E-state index >= 15 is 0 Å². The number of carbonyl (C=O) groups excluding carboxylic acids is 2. The van der Waals surface area contributed by atoms with Crippen LogP contribution < -0.4 is 10.7 Å². The minimum absolute atomic E-state index is 0.0146. The number of H-pyrrole nitrogens is 1. The number of terminal acetylenes is 1. The highest BCUT2D eigenvalue weighted by Gasteiger charge is 2.42. The number of aromatic amines is 1. The Balaban J connectivity index is 1.36. The van der Waals surface area contributed by atoms with Crippen molar-refractivity contribution >= 4 is 44.6 Å². The second kappa shape index (κ2) is 9.51. The molecule has 196 valence electrons. The minimum Gasteiger partial charge on any atom is -0.364 e. The molecule has 2 atom stereocenters. The molecule has 0 saturated carbocycles. The molecule has 3 amide bonds. The van der Waals surface area contributed by atoms with Crippen molar-refractivity contribution < 1.29 is 18.0 Å². The number of benzene rings is 1. The first-order chi connectivity index (χ1) is 17.6. The standard InChI is InChI=1S/C24H29N7O4S2/c1-5-16-6-7-18-17(12-16)13-21(26-18)37(34,35)29-10-11-30(20(14-29)22(32)25-3)24(33)31-9-8-19-23(27-31)36-15(2)28(19)4/h1,6-7,12-13,15,20,26-27H,8-11,14H2,2-4H3,(H,25,32). The highest BCUT2D eigenvalue weighted by atomic mass is 32.2. The zero-order valence-corrected chi connectivity index (χ0v) is 22.4. The second-order valence-electron chi connectivity index (χ2n) is 9.17. The van der Waals surface area contributed by atoms with Gasteiger partial charge in [-0.2, -0.15) is 4.31 Å². The number of carbonyl (C=O) groups is 2. The molecule has 2 unspecified atom stereocenters. The molecule has 37 heavy (non-hydrogen) atoms. The fraction of sp³-hybridized carbons (Fsp3) is 0.417. The summed E-state index contributed by atoms with van der Waals surface area (Å²) in [5.41, 5.74) is 5.65. The molecule has 0 bridgehead atoms. The molecule has 0 radical (unpaired) electrons. The van der Waals surface area contributed by atoms with Crippen LogP contribution in [0.15, 0.2) is 40.0 Å². The molecule has 3 N–H and O–H groups in total. The third-order valence-corrected chi connectivity index (χ3v) is 10.1. The van der Waals surface area contributed by atoms with Crippen LogP contribution in [0, 0.1) is 12.3 Å². The fourth-order valence-electron chi connectivity index (χ4n) is 4.84. The first kappa shape index (κ1) is 25.3. The van der Waals surface area contributed by atoms with Crippen LogP contribution in [0.3, 0.4) is 0 Å². The number of amides is 3. The van der Waals surface area contributed by atoms with E-state index in [0.29, 0.717) is 29.4 Å². The van der Waals surface area contributed by atoms with Gasteiger partial charge in [0.15, 0.2) is 0 Å². The summed E-state index contributed by atoms with van der Waals surface area (Å²) in [6.07, 6.45) is 6.16. The molecule has 3 aliphatic rings. The number of nitrogens with zero attached hydrogens (tertiary/aromatic N) is 4. The van der Waals surface area contributed by atoms with Crippen LogP contribution in [0.25, 0.3) is 10.9 Å². The molecule has 2 aromatic rings. The van der Waals surface area contributed by atoms with Crippen molar-refractivity contribution in [1.29, 1.82) is 0 Å². The van der Waals surface area contributed by atoms with Crippen molar-refractivity contribution in [2.24, 2.45) is 0 Å². The predicted octanol–water partition coefficient (Wildman–Crippen LogP) is 1.09. The quantitative estimate of drug-likeness (QED) is 0.496. The summed E-state index contributed by atoms with van der Waals surface area (Å²) < 4.78 is 28.3. The van der Waals surface area contributed by atoms with Gasteiger partial charge >= 0.3 is 6.03 Å². The first-order valence-electron chi connectivity index (χ1n) is 11.9. The normalized spacial score (nSPS) is 22.6. The van der Waals surface area contributed by atoms with E-state index in [2.05, 4.69) is 33.5 Å². The molecule has 0 spiro atoms. The summed E-state index contributed by atoms with van der Waals surface area (Å²) in [5, 5.41) is 5.98. The van der Waals surface area contributed by atoms with Gasteiger partial charge in [-0.15, -0.1) is 6.42 Å². The van der Waals surface area contributed by atoms with Gasteiger partial charge < -0.3 is 20.1 Å². The van der Waals surface area contributed by atoms with Gasteiger partial charge in [0.25, 0.3) is 10.0 Å². The number of rotatable bonds is 3. The highest BCUT2D eigenvalue weighted by molar-refractivity contribution is 8.03. The summed E-state index contributed by atoms with van der Waals surface area (Å²) in [6.45, 7) is 2.52. The number of hydrogen-bond donors (Lipinski definition) is 3. The van der Waals surface area contributed by atoms with E-state index in [9.17, 15) is 18.0 Å². The lowest BCUT2D eigenvalue weighted by Gasteiger charge is -2.42.